The fourth-order valence-electron chi connectivity index (χ4n) is 2.73. The Balaban J connectivity index is 1.67. The molecule has 28 heavy (non-hydrogen) atoms. The predicted molar refractivity (Wildman–Crippen MR) is 104 cm³/mol. The van der Waals surface area contributed by atoms with Crippen LogP contribution in [0.25, 0.3) is 16.9 Å². The number of carbonyl (C=O) groups excluding carboxylic acids is 1. The number of imidazole rings is 1. The number of benzene rings is 2. The first-order valence-corrected chi connectivity index (χ1v) is 8.69. The Morgan fingerprint density at radius 3 is 2.79 bits per heavy atom. The van der Waals surface area contributed by atoms with E-state index in [0.29, 0.717) is 22.8 Å². The number of aromatic nitrogens is 3. The summed E-state index contributed by atoms with van der Waals surface area (Å²) in [5.74, 6) is -0.612. The van der Waals surface area contributed by atoms with Crippen molar-refractivity contribution in [2.75, 3.05) is 12.4 Å². The third kappa shape index (κ3) is 3.39. The number of nitrogens with one attached hydrogen (secondary N) is 1. The molecule has 0 atom stereocenters. The predicted octanol–water partition coefficient (Wildman–Crippen LogP) is 4.45. The number of ether oxygens (including phenoxy) is 1. The van der Waals surface area contributed by atoms with Crippen molar-refractivity contribution < 1.29 is 13.9 Å². The van der Waals surface area contributed by atoms with Crippen molar-refractivity contribution in [2.45, 2.75) is 0 Å². The molecule has 0 bridgehead atoms. The third-order valence-corrected chi connectivity index (χ3v) is 4.46. The van der Waals surface area contributed by atoms with Crippen LogP contribution >= 0.6 is 11.6 Å². The molecular formula is C20H14ClFN4O2. The van der Waals surface area contributed by atoms with Crippen LogP contribution < -0.4 is 10.1 Å². The van der Waals surface area contributed by atoms with E-state index in [9.17, 15) is 9.18 Å². The Kier molecular flexibility index (Phi) is 4.67. The summed E-state index contributed by atoms with van der Waals surface area (Å²) in [5.41, 5.74) is 2.11. The standard InChI is InChI=1S/C20H14ClFN4O2/c1-28-19-9-8-18-23-17(11-26(18)25-19)12-6-7-15(22)16(10-12)24-20(27)13-4-2-3-5-14(13)21/h2-11H,1H3,(H,24,27). The zero-order valence-electron chi connectivity index (χ0n) is 14.7. The number of hydrogen-bond acceptors (Lipinski definition) is 4. The zero-order chi connectivity index (χ0) is 19.7. The van der Waals surface area contributed by atoms with Gasteiger partial charge in [-0.3, -0.25) is 4.79 Å². The molecule has 0 spiro atoms. The molecule has 1 N–H and O–H groups in total. The third-order valence-electron chi connectivity index (χ3n) is 4.13. The zero-order valence-corrected chi connectivity index (χ0v) is 15.4. The number of methoxy groups -OCH3 is 1. The first-order chi connectivity index (χ1) is 13.5. The SMILES string of the molecule is COc1ccc2nc(-c3ccc(F)c(NC(=O)c4ccccc4Cl)c3)cn2n1. The fraction of sp³-hybridized carbons (Fsp3) is 0.0500. The highest BCUT2D eigenvalue weighted by atomic mass is 35.5. The van der Waals surface area contributed by atoms with Crippen molar-refractivity contribution in [3.8, 4) is 17.1 Å². The number of halogens is 2. The summed E-state index contributed by atoms with van der Waals surface area (Å²) < 4.78 is 20.9. The van der Waals surface area contributed by atoms with E-state index in [4.69, 9.17) is 16.3 Å². The molecule has 4 aromatic rings. The van der Waals surface area contributed by atoms with Crippen molar-refractivity contribution >= 4 is 28.8 Å². The minimum atomic E-state index is -0.562. The van der Waals surface area contributed by atoms with E-state index in [1.54, 1.807) is 53.2 Å². The molecule has 0 radical (unpaired) electrons. The van der Waals surface area contributed by atoms with E-state index < -0.39 is 11.7 Å². The lowest BCUT2D eigenvalue weighted by Gasteiger charge is -2.09. The number of amides is 1. The van der Waals surface area contributed by atoms with Crippen LogP contribution in [0.15, 0.2) is 60.8 Å². The summed E-state index contributed by atoms with van der Waals surface area (Å²) in [6.45, 7) is 0. The molecule has 8 heteroatoms. The van der Waals surface area contributed by atoms with Crippen LogP contribution in [-0.4, -0.2) is 27.6 Å². The van der Waals surface area contributed by atoms with Gasteiger partial charge in [0.2, 0.25) is 5.88 Å². The van der Waals surface area contributed by atoms with Crippen molar-refractivity contribution in [1.82, 2.24) is 14.6 Å². The van der Waals surface area contributed by atoms with Crippen LogP contribution in [0.3, 0.4) is 0 Å². The molecule has 0 unspecified atom stereocenters. The number of hydrogen-bond donors (Lipinski definition) is 1. The summed E-state index contributed by atoms with van der Waals surface area (Å²) in [6, 6.07) is 14.4. The van der Waals surface area contributed by atoms with Crippen LogP contribution in [0.2, 0.25) is 5.02 Å². The Labute approximate surface area is 164 Å². The van der Waals surface area contributed by atoms with Gasteiger partial charge < -0.3 is 10.1 Å². The van der Waals surface area contributed by atoms with Crippen molar-refractivity contribution in [3.63, 3.8) is 0 Å². The number of carbonyl (C=O) groups is 1. The highest BCUT2D eigenvalue weighted by Gasteiger charge is 2.14. The van der Waals surface area contributed by atoms with E-state index >= 15 is 0 Å². The average Bonchev–Trinajstić information content (AvgIpc) is 3.13. The molecule has 2 heterocycles. The summed E-state index contributed by atoms with van der Waals surface area (Å²) in [4.78, 5) is 16.9. The highest BCUT2D eigenvalue weighted by molar-refractivity contribution is 6.34. The molecule has 2 aromatic carbocycles. The molecule has 1 amide bonds. The van der Waals surface area contributed by atoms with Gasteiger partial charge in [0.05, 0.1) is 35.3 Å². The molecule has 4 rings (SSSR count). The van der Waals surface area contributed by atoms with E-state index in [1.807, 2.05) is 0 Å². The minimum Gasteiger partial charge on any atom is -0.480 e. The molecule has 140 valence electrons. The average molecular weight is 397 g/mol. The molecule has 0 aliphatic rings. The Morgan fingerprint density at radius 2 is 2.00 bits per heavy atom. The second-order valence-electron chi connectivity index (χ2n) is 5.93. The summed E-state index contributed by atoms with van der Waals surface area (Å²) in [5, 5.41) is 7.10. The van der Waals surface area contributed by atoms with Gasteiger partial charge in [-0.05, 0) is 36.4 Å². The van der Waals surface area contributed by atoms with E-state index in [0.717, 1.165) is 0 Å². The number of rotatable bonds is 4. The number of nitrogens with zero attached hydrogens (tertiary/aromatic N) is 3. The van der Waals surface area contributed by atoms with Gasteiger partial charge in [-0.1, -0.05) is 23.7 Å². The second kappa shape index (κ2) is 7.28. The largest absolute Gasteiger partial charge is 0.480 e. The van der Waals surface area contributed by atoms with Gasteiger partial charge >= 0.3 is 0 Å². The van der Waals surface area contributed by atoms with E-state index in [2.05, 4.69) is 15.4 Å². The lowest BCUT2D eigenvalue weighted by Crippen LogP contribution is -2.13. The summed E-state index contributed by atoms with van der Waals surface area (Å²) in [7, 11) is 1.53. The molecule has 0 aliphatic carbocycles. The van der Waals surface area contributed by atoms with E-state index in [1.165, 1.54) is 19.2 Å². The van der Waals surface area contributed by atoms with Crippen molar-refractivity contribution in [3.05, 3.63) is 77.2 Å². The Morgan fingerprint density at radius 1 is 1.18 bits per heavy atom. The second-order valence-corrected chi connectivity index (χ2v) is 6.34. The Hall–Kier alpha value is -3.45. The maximum Gasteiger partial charge on any atom is 0.257 e. The van der Waals surface area contributed by atoms with Gasteiger partial charge in [-0.15, -0.1) is 5.10 Å². The lowest BCUT2D eigenvalue weighted by atomic mass is 10.1. The van der Waals surface area contributed by atoms with Gasteiger partial charge in [0.25, 0.3) is 5.91 Å². The van der Waals surface area contributed by atoms with Gasteiger partial charge in [-0.25, -0.2) is 13.9 Å². The van der Waals surface area contributed by atoms with Crippen molar-refractivity contribution in [2.24, 2.45) is 0 Å². The number of fused-ring (bicyclic) bond motifs is 1. The molecular weight excluding hydrogens is 383 g/mol. The van der Waals surface area contributed by atoms with Gasteiger partial charge in [0.15, 0.2) is 5.65 Å². The van der Waals surface area contributed by atoms with Gasteiger partial charge in [0.1, 0.15) is 5.82 Å². The smallest absolute Gasteiger partial charge is 0.257 e. The maximum atomic E-state index is 14.3. The summed E-state index contributed by atoms with van der Waals surface area (Å²) in [6.07, 6.45) is 1.70. The molecule has 6 nitrogen and oxygen atoms in total. The summed E-state index contributed by atoms with van der Waals surface area (Å²) >= 11 is 6.04. The molecule has 0 aliphatic heterocycles. The van der Waals surface area contributed by atoms with Crippen LogP contribution in [0.1, 0.15) is 10.4 Å². The van der Waals surface area contributed by atoms with Crippen LogP contribution in [0.5, 0.6) is 5.88 Å². The Bertz CT molecular complexity index is 1190. The topological polar surface area (TPSA) is 68.5 Å². The van der Waals surface area contributed by atoms with Crippen LogP contribution in [0, 0.1) is 5.82 Å². The maximum absolute atomic E-state index is 14.3. The quantitative estimate of drug-likeness (QED) is 0.553. The highest BCUT2D eigenvalue weighted by Crippen LogP contribution is 2.26. The van der Waals surface area contributed by atoms with Crippen LogP contribution in [-0.2, 0) is 0 Å². The van der Waals surface area contributed by atoms with Gasteiger partial charge in [0, 0.05) is 11.6 Å². The first-order valence-electron chi connectivity index (χ1n) is 8.31. The van der Waals surface area contributed by atoms with Crippen LogP contribution in [0.4, 0.5) is 10.1 Å². The molecule has 0 saturated carbocycles. The molecule has 2 aromatic heterocycles. The lowest BCUT2D eigenvalue weighted by molar-refractivity contribution is 0.102. The van der Waals surface area contributed by atoms with Crippen molar-refractivity contribution in [1.29, 1.82) is 0 Å². The molecule has 0 saturated heterocycles. The van der Waals surface area contributed by atoms with Gasteiger partial charge in [-0.2, -0.15) is 0 Å². The fourth-order valence-corrected chi connectivity index (χ4v) is 2.95. The normalized spacial score (nSPS) is 10.8. The molecule has 0 fully saturated rings. The van der Waals surface area contributed by atoms with E-state index in [-0.39, 0.29) is 16.3 Å². The first kappa shape index (κ1) is 17.9. The monoisotopic (exact) mass is 396 g/mol. The number of anilines is 1. The minimum absolute atomic E-state index is 0.0324.